The summed E-state index contributed by atoms with van der Waals surface area (Å²) >= 11 is 0. The summed E-state index contributed by atoms with van der Waals surface area (Å²) in [6.45, 7) is 3.55. The SMILES string of the molecule is COc1cc(-c2cccc(C(F)(F)F)c2)c(F)cc1-n1c(=O)ccc2cc(S(=O)(=O)Nc3cc(C)ncn3)ccc21.COc1cc(-c2cccc(C(F)(F)F)c2)c(F)cc1-n1c(=O)ccc2cc(S(=O)(=O)Oc3c(F)c(F)c(F)c(F)c3F)ccc21.Cc1cc(N)ncn1.P.P. The number of fused-ring (bicyclic) bond motifs is 2. The molecule has 11 aromatic rings. The number of benzene rings is 7. The Labute approximate surface area is 541 Å². The van der Waals surface area contributed by atoms with Crippen LogP contribution in [0, 0.1) is 54.6 Å². The smallest absolute Gasteiger partial charge is 0.416 e. The van der Waals surface area contributed by atoms with E-state index < -0.39 is 106 Å². The van der Waals surface area contributed by atoms with E-state index in [1.54, 1.807) is 13.0 Å². The van der Waals surface area contributed by atoms with Crippen LogP contribution in [-0.4, -0.2) is 60.1 Å². The molecular weight excluding hydrogens is 1370 g/mol. The second-order valence-corrected chi connectivity index (χ2v) is 23.0. The monoisotopic (exact) mass is 1420 g/mol. The molecule has 3 N–H and O–H groups in total. The first-order valence-electron chi connectivity index (χ1n) is 26.5. The lowest BCUT2D eigenvalue weighted by molar-refractivity contribution is -0.138. The number of sulfonamides is 1. The summed E-state index contributed by atoms with van der Waals surface area (Å²) in [5.74, 6) is -16.1. The zero-order valence-corrected chi connectivity index (χ0v) is 54.1. The normalized spacial score (nSPS) is 11.5. The molecule has 0 saturated carbocycles. The van der Waals surface area contributed by atoms with Crippen LogP contribution in [0.1, 0.15) is 22.5 Å². The van der Waals surface area contributed by atoms with E-state index in [-0.39, 0.29) is 92.1 Å². The molecule has 0 bridgehead atoms. The van der Waals surface area contributed by atoms with Crippen molar-refractivity contribution in [2.45, 2.75) is 36.0 Å². The molecule has 0 aliphatic carbocycles. The van der Waals surface area contributed by atoms with Crippen LogP contribution >= 0.6 is 19.8 Å². The van der Waals surface area contributed by atoms with Crippen molar-refractivity contribution in [3.63, 3.8) is 0 Å². The van der Waals surface area contributed by atoms with Gasteiger partial charge in [-0.25, -0.2) is 50.3 Å². The Morgan fingerprint density at radius 2 is 0.917 bits per heavy atom. The van der Waals surface area contributed by atoms with Crippen molar-refractivity contribution < 1.29 is 87.6 Å². The van der Waals surface area contributed by atoms with Crippen molar-refractivity contribution in [2.24, 2.45) is 0 Å². The van der Waals surface area contributed by atoms with Gasteiger partial charge in [-0.2, -0.15) is 63.3 Å². The summed E-state index contributed by atoms with van der Waals surface area (Å²) in [6.07, 6.45) is -6.66. The zero-order valence-electron chi connectivity index (χ0n) is 49.6. The van der Waals surface area contributed by atoms with Crippen molar-refractivity contribution in [1.82, 2.24) is 29.1 Å². The first-order valence-corrected chi connectivity index (χ1v) is 29.3. The van der Waals surface area contributed by atoms with E-state index in [9.17, 15) is 74.7 Å². The van der Waals surface area contributed by atoms with Gasteiger partial charge in [-0.3, -0.25) is 23.4 Å². The maximum absolute atomic E-state index is 15.4. The first kappa shape index (κ1) is 73.4. The number of hydrogen-bond acceptors (Lipinski definition) is 14. The second kappa shape index (κ2) is 28.9. The van der Waals surface area contributed by atoms with Crippen molar-refractivity contribution in [3.05, 3.63) is 242 Å². The Balaban J connectivity index is 0.000000238. The van der Waals surface area contributed by atoms with Gasteiger partial charge in [0.05, 0.1) is 52.7 Å². The molecule has 34 heteroatoms. The number of nitrogens with two attached hydrogens (primary N) is 1. The first-order chi connectivity index (χ1) is 44.2. The van der Waals surface area contributed by atoms with Crippen LogP contribution in [0.5, 0.6) is 17.2 Å². The van der Waals surface area contributed by atoms with Gasteiger partial charge in [-0.05, 0) is 110 Å². The quantitative estimate of drug-likeness (QED) is 0.0381. The highest BCUT2D eigenvalue weighted by Gasteiger charge is 2.34. The number of rotatable bonds is 12. The Hall–Kier alpha value is -10.0. The number of methoxy groups -OCH3 is 2. The number of pyridine rings is 2. The van der Waals surface area contributed by atoms with Gasteiger partial charge < -0.3 is 19.4 Å². The number of aryl methyl sites for hydroxylation is 2. The molecule has 0 radical (unpaired) electrons. The molecule has 4 heterocycles. The highest BCUT2D eigenvalue weighted by molar-refractivity contribution is 7.92. The third-order valence-corrected chi connectivity index (χ3v) is 16.2. The number of nitrogens with zero attached hydrogens (tertiary/aromatic N) is 6. The number of hydrogen-bond donors (Lipinski definition) is 2. The van der Waals surface area contributed by atoms with E-state index >= 15 is 8.78 Å². The van der Waals surface area contributed by atoms with Gasteiger partial charge in [-0.15, -0.1) is 0 Å². The number of nitrogen functional groups attached to an aromatic ring is 1. The number of nitrogens with one attached hydrogen (secondary N) is 1. The average Bonchev–Trinajstić information content (AvgIpc) is 0.764. The Morgan fingerprint density at radius 1 is 0.490 bits per heavy atom. The van der Waals surface area contributed by atoms with Crippen molar-refractivity contribution >= 4 is 73.4 Å². The molecule has 4 aromatic heterocycles. The van der Waals surface area contributed by atoms with Crippen LogP contribution in [0.15, 0.2) is 178 Å². The largest absolute Gasteiger partial charge is 0.495 e. The second-order valence-electron chi connectivity index (χ2n) is 19.8. The number of aromatic nitrogens is 6. The van der Waals surface area contributed by atoms with Gasteiger partial charge in [0.1, 0.15) is 52.3 Å². The molecule has 96 heavy (non-hydrogen) atoms. The third-order valence-electron chi connectivity index (χ3n) is 13.6. The minimum absolute atomic E-state index is 0. The predicted molar refractivity (Wildman–Crippen MR) is 338 cm³/mol. The number of anilines is 2. The van der Waals surface area contributed by atoms with E-state index in [1.807, 2.05) is 6.92 Å². The van der Waals surface area contributed by atoms with Crippen LogP contribution < -0.4 is 35.2 Å². The maximum atomic E-state index is 15.4. The fraction of sp³-hybridized carbons (Fsp3) is 0.0968. The average molecular weight is 1420 g/mol. The standard InChI is InChI=1S/C29H14F9NO5S.C28H20F4N4O4S.C5H7N3.2H3P/c1-43-21-11-17(13-3-2-4-15(9-13)29(36,37)38)18(30)12-20(21)39-19-7-6-16(10-14(19)5-8-22(39)40)45(41,42)44-28-26(34)24(32)23(31)25(33)27(28)35;1-16-10-26(34-15-33-16)35-41(38,39)20-7-8-23-18(12-20)6-9-27(37)36(23)24-14-22(29)21(13-25(24)40-2)17-4-3-5-19(11-17)28(30,31)32;1-4-2-5(6)8-3-7-4;;/h2-12H,1H3;3-15H,1-2H3,(H,33,34,35);2-3H,1H3,(H2,6,7,8);2*1H3. The number of alkyl halides is 6. The van der Waals surface area contributed by atoms with Gasteiger partial charge in [0.25, 0.3) is 21.1 Å². The van der Waals surface area contributed by atoms with Gasteiger partial charge in [0.2, 0.25) is 34.8 Å². The summed E-state index contributed by atoms with van der Waals surface area (Å²) in [6, 6.07) is 26.5. The van der Waals surface area contributed by atoms with Gasteiger partial charge in [0.15, 0.2) is 0 Å². The molecule has 17 nitrogen and oxygen atoms in total. The molecule has 0 amide bonds. The highest BCUT2D eigenvalue weighted by atomic mass is 32.2. The van der Waals surface area contributed by atoms with Crippen molar-refractivity contribution in [2.75, 3.05) is 24.7 Å². The lowest BCUT2D eigenvalue weighted by atomic mass is 10.0. The van der Waals surface area contributed by atoms with Gasteiger partial charge >= 0.3 is 22.5 Å². The van der Waals surface area contributed by atoms with Crippen LogP contribution in [0.4, 0.5) is 68.7 Å². The van der Waals surface area contributed by atoms with Gasteiger partial charge in [-0.1, -0.05) is 24.3 Å². The van der Waals surface area contributed by atoms with Gasteiger partial charge in [0, 0.05) is 69.7 Å². The Kier molecular flexibility index (Phi) is 22.1. The molecule has 2 unspecified atom stereocenters. The fourth-order valence-corrected chi connectivity index (χ4v) is 11.2. The molecule has 2 atom stereocenters. The molecule has 0 saturated heterocycles. The third kappa shape index (κ3) is 15.7. The predicted octanol–water partition coefficient (Wildman–Crippen LogP) is 13.5. The summed E-state index contributed by atoms with van der Waals surface area (Å²) in [4.78, 5) is 40.4. The maximum Gasteiger partial charge on any atom is 0.416 e. The molecular formula is C62H47F13N8O9P2S2. The number of ether oxygens (including phenoxy) is 2. The Morgan fingerprint density at radius 3 is 1.33 bits per heavy atom. The molecule has 502 valence electrons. The molecule has 0 aliphatic heterocycles. The van der Waals surface area contributed by atoms with E-state index in [2.05, 4.69) is 28.8 Å². The zero-order chi connectivity index (χ0) is 68.5. The molecule has 0 spiro atoms. The van der Waals surface area contributed by atoms with E-state index in [0.29, 0.717) is 16.9 Å². The summed E-state index contributed by atoms with van der Waals surface area (Å²) in [5, 5.41) is 0.261. The minimum atomic E-state index is -5.24. The number of halogens is 13. The van der Waals surface area contributed by atoms with E-state index in [4.69, 9.17) is 15.2 Å². The topological polar surface area (TPSA) is 230 Å². The summed E-state index contributed by atoms with van der Waals surface area (Å²) in [5.41, 5.74) is 2.65. The Bertz CT molecular complexity index is 5140. The van der Waals surface area contributed by atoms with Crippen LogP contribution in [0.2, 0.25) is 0 Å². The lowest BCUT2D eigenvalue weighted by Gasteiger charge is -2.17. The van der Waals surface area contributed by atoms with Crippen molar-refractivity contribution in [3.8, 4) is 50.9 Å². The van der Waals surface area contributed by atoms with Crippen LogP contribution in [0.3, 0.4) is 0 Å². The summed E-state index contributed by atoms with van der Waals surface area (Å²) < 4.78 is 250. The fourth-order valence-electron chi connectivity index (χ4n) is 9.20. The van der Waals surface area contributed by atoms with Crippen molar-refractivity contribution in [1.29, 1.82) is 0 Å². The molecule has 11 rings (SSSR count). The molecule has 7 aromatic carbocycles. The van der Waals surface area contributed by atoms with E-state index in [1.165, 1.54) is 80.4 Å². The molecule has 0 aliphatic rings. The van der Waals surface area contributed by atoms with E-state index in [0.717, 1.165) is 101 Å². The molecule has 0 fully saturated rings. The lowest BCUT2D eigenvalue weighted by Crippen LogP contribution is -2.19. The van der Waals surface area contributed by atoms with Crippen LogP contribution in [-0.2, 0) is 32.5 Å². The van der Waals surface area contributed by atoms with Crippen LogP contribution in [0.25, 0.3) is 55.4 Å². The highest BCUT2D eigenvalue weighted by Crippen LogP contribution is 2.40. The minimum Gasteiger partial charge on any atom is -0.495 e. The summed E-state index contributed by atoms with van der Waals surface area (Å²) in [7, 11) is -6.90.